The molecule has 27 heavy (non-hydrogen) atoms. The van der Waals surface area contributed by atoms with Crippen molar-refractivity contribution in [2.75, 3.05) is 4.90 Å². The van der Waals surface area contributed by atoms with Crippen LogP contribution in [0.1, 0.15) is 30.3 Å². The van der Waals surface area contributed by atoms with Crippen LogP contribution in [-0.4, -0.2) is 21.0 Å². The Balaban J connectivity index is 1.61. The Morgan fingerprint density at radius 3 is 2.52 bits per heavy atom. The quantitative estimate of drug-likeness (QED) is 0.692. The van der Waals surface area contributed by atoms with Crippen LogP contribution in [0.25, 0.3) is 11.4 Å². The minimum absolute atomic E-state index is 0.0528. The molecule has 1 fully saturated rings. The zero-order valence-corrected chi connectivity index (χ0v) is 13.8. The first-order valence-corrected chi connectivity index (χ1v) is 8.18. The minimum atomic E-state index is -4.70. The van der Waals surface area contributed by atoms with Gasteiger partial charge in [-0.3, -0.25) is 9.69 Å². The summed E-state index contributed by atoms with van der Waals surface area (Å²) in [6, 6.07) is 12.6. The van der Waals surface area contributed by atoms with Crippen LogP contribution in [0.4, 0.5) is 19.0 Å². The lowest BCUT2D eigenvalue weighted by atomic mass is 10.0. The third-order valence-electron chi connectivity index (χ3n) is 4.32. The standard InChI is InChI=1S/C18H13F3N4O2/c19-18(20,21)17-23-16(24-27-17)12-6-8-14(22-10-12)25-13(7-9-15(25)26)11-4-2-1-3-5-11/h1-6,8,10,13H,7,9H2/t13-/m1/s1. The lowest BCUT2D eigenvalue weighted by molar-refractivity contribution is -0.159. The molecule has 2 aromatic heterocycles. The molecule has 4 rings (SSSR count). The molecule has 0 saturated carbocycles. The SMILES string of the molecule is O=C1CC[C@H](c2ccccc2)N1c1ccc(-c2noc(C(F)(F)F)n2)cn1. The second kappa shape index (κ2) is 6.49. The van der Waals surface area contributed by atoms with Gasteiger partial charge in [0.25, 0.3) is 0 Å². The molecule has 3 heterocycles. The Hall–Kier alpha value is -3.23. The summed E-state index contributed by atoms with van der Waals surface area (Å²) >= 11 is 0. The van der Waals surface area contributed by atoms with E-state index in [-0.39, 0.29) is 23.3 Å². The minimum Gasteiger partial charge on any atom is -0.329 e. The first kappa shape index (κ1) is 17.2. The Kier molecular flexibility index (Phi) is 4.14. The second-order valence-corrected chi connectivity index (χ2v) is 6.05. The second-order valence-electron chi connectivity index (χ2n) is 6.05. The fraction of sp³-hybridized carbons (Fsp3) is 0.222. The molecule has 6 nitrogen and oxygen atoms in total. The summed E-state index contributed by atoms with van der Waals surface area (Å²) in [5, 5.41) is 3.33. The number of halogens is 3. The molecule has 3 aromatic rings. The van der Waals surface area contributed by atoms with Gasteiger partial charge < -0.3 is 4.52 Å². The lowest BCUT2D eigenvalue weighted by Gasteiger charge is -2.24. The van der Waals surface area contributed by atoms with E-state index in [4.69, 9.17) is 0 Å². The van der Waals surface area contributed by atoms with Gasteiger partial charge in [0.15, 0.2) is 0 Å². The molecule has 1 amide bonds. The smallest absolute Gasteiger partial charge is 0.329 e. The molecule has 0 N–H and O–H groups in total. The molecule has 1 aliphatic heterocycles. The van der Waals surface area contributed by atoms with Crippen molar-refractivity contribution in [3.8, 4) is 11.4 Å². The van der Waals surface area contributed by atoms with E-state index in [2.05, 4.69) is 19.6 Å². The molecule has 0 bridgehead atoms. The molecule has 138 valence electrons. The van der Waals surface area contributed by atoms with Gasteiger partial charge in [-0.05, 0) is 24.1 Å². The van der Waals surface area contributed by atoms with Crippen LogP contribution < -0.4 is 4.90 Å². The highest BCUT2D eigenvalue weighted by atomic mass is 19.4. The molecule has 0 unspecified atom stereocenters. The Morgan fingerprint density at radius 1 is 1.11 bits per heavy atom. The van der Waals surface area contributed by atoms with E-state index in [1.165, 1.54) is 12.3 Å². The van der Waals surface area contributed by atoms with Crippen LogP contribution in [0.2, 0.25) is 0 Å². The van der Waals surface area contributed by atoms with Crippen LogP contribution in [0.5, 0.6) is 0 Å². The molecule has 1 atom stereocenters. The number of nitrogens with zero attached hydrogens (tertiary/aromatic N) is 4. The van der Waals surface area contributed by atoms with Crippen molar-refractivity contribution in [3.05, 3.63) is 60.1 Å². The summed E-state index contributed by atoms with van der Waals surface area (Å²) in [5.41, 5.74) is 1.27. The molecular formula is C18H13F3N4O2. The summed E-state index contributed by atoms with van der Waals surface area (Å²) in [6.07, 6.45) is -2.30. The average molecular weight is 374 g/mol. The first-order valence-electron chi connectivity index (χ1n) is 8.18. The molecule has 1 saturated heterocycles. The predicted molar refractivity (Wildman–Crippen MR) is 88.4 cm³/mol. The molecule has 1 aliphatic rings. The fourth-order valence-corrected chi connectivity index (χ4v) is 3.08. The third kappa shape index (κ3) is 3.27. The highest BCUT2D eigenvalue weighted by Gasteiger charge is 2.38. The molecule has 0 radical (unpaired) electrons. The Morgan fingerprint density at radius 2 is 1.89 bits per heavy atom. The van der Waals surface area contributed by atoms with E-state index in [0.717, 1.165) is 5.56 Å². The zero-order chi connectivity index (χ0) is 19.0. The summed E-state index contributed by atoms with van der Waals surface area (Å²) in [7, 11) is 0. The van der Waals surface area contributed by atoms with Crippen molar-refractivity contribution in [3.63, 3.8) is 0 Å². The normalized spacial score (nSPS) is 17.5. The lowest BCUT2D eigenvalue weighted by Crippen LogP contribution is -2.28. The maximum atomic E-state index is 12.6. The fourth-order valence-electron chi connectivity index (χ4n) is 3.08. The average Bonchev–Trinajstić information content (AvgIpc) is 3.30. The van der Waals surface area contributed by atoms with Gasteiger partial charge >= 0.3 is 12.1 Å². The topological polar surface area (TPSA) is 72.1 Å². The van der Waals surface area contributed by atoms with Gasteiger partial charge in [0.2, 0.25) is 11.7 Å². The van der Waals surface area contributed by atoms with Crippen LogP contribution >= 0.6 is 0 Å². The van der Waals surface area contributed by atoms with Gasteiger partial charge in [0.05, 0.1) is 6.04 Å². The van der Waals surface area contributed by atoms with Crippen LogP contribution in [0.15, 0.2) is 53.2 Å². The third-order valence-corrected chi connectivity index (χ3v) is 4.32. The van der Waals surface area contributed by atoms with Crippen LogP contribution in [-0.2, 0) is 11.0 Å². The van der Waals surface area contributed by atoms with Crippen molar-refractivity contribution in [1.82, 2.24) is 15.1 Å². The monoisotopic (exact) mass is 374 g/mol. The number of alkyl halides is 3. The number of pyridine rings is 1. The van der Waals surface area contributed by atoms with Gasteiger partial charge in [-0.2, -0.15) is 18.2 Å². The van der Waals surface area contributed by atoms with E-state index >= 15 is 0 Å². The summed E-state index contributed by atoms with van der Waals surface area (Å²) in [5.74, 6) is -1.26. The van der Waals surface area contributed by atoms with E-state index in [1.807, 2.05) is 30.3 Å². The molecule has 9 heteroatoms. The number of benzene rings is 1. The molecule has 0 spiro atoms. The highest BCUT2D eigenvalue weighted by Crippen LogP contribution is 2.36. The van der Waals surface area contributed by atoms with Crippen LogP contribution in [0.3, 0.4) is 0 Å². The number of rotatable bonds is 3. The number of carbonyl (C=O) groups excluding carboxylic acids is 1. The van der Waals surface area contributed by atoms with Crippen molar-refractivity contribution < 1.29 is 22.5 Å². The number of carbonyl (C=O) groups is 1. The maximum Gasteiger partial charge on any atom is 0.471 e. The van der Waals surface area contributed by atoms with E-state index in [1.54, 1.807) is 11.0 Å². The van der Waals surface area contributed by atoms with Crippen molar-refractivity contribution in [2.24, 2.45) is 0 Å². The van der Waals surface area contributed by atoms with Gasteiger partial charge in [0.1, 0.15) is 5.82 Å². The number of anilines is 1. The van der Waals surface area contributed by atoms with E-state index in [9.17, 15) is 18.0 Å². The summed E-state index contributed by atoms with van der Waals surface area (Å²) in [4.78, 5) is 21.5. The van der Waals surface area contributed by atoms with Crippen molar-refractivity contribution >= 4 is 11.7 Å². The summed E-state index contributed by atoms with van der Waals surface area (Å²) in [6.45, 7) is 0. The van der Waals surface area contributed by atoms with Gasteiger partial charge in [-0.15, -0.1) is 0 Å². The number of hydrogen-bond acceptors (Lipinski definition) is 5. The first-order chi connectivity index (χ1) is 12.9. The number of aromatic nitrogens is 3. The maximum absolute atomic E-state index is 12.6. The summed E-state index contributed by atoms with van der Waals surface area (Å²) < 4.78 is 42.0. The van der Waals surface area contributed by atoms with E-state index in [0.29, 0.717) is 18.7 Å². The molecule has 1 aromatic carbocycles. The highest BCUT2D eigenvalue weighted by molar-refractivity contribution is 5.95. The van der Waals surface area contributed by atoms with Gasteiger partial charge in [-0.25, -0.2) is 4.98 Å². The number of amides is 1. The van der Waals surface area contributed by atoms with Gasteiger partial charge in [-0.1, -0.05) is 35.5 Å². The molecule has 0 aliphatic carbocycles. The predicted octanol–water partition coefficient (Wildman–Crippen LogP) is 4.02. The largest absolute Gasteiger partial charge is 0.471 e. The Labute approximate surface area is 151 Å². The molecular weight excluding hydrogens is 361 g/mol. The van der Waals surface area contributed by atoms with Crippen molar-refractivity contribution in [2.45, 2.75) is 25.1 Å². The van der Waals surface area contributed by atoms with Crippen molar-refractivity contribution in [1.29, 1.82) is 0 Å². The number of hydrogen-bond donors (Lipinski definition) is 0. The Bertz CT molecular complexity index is 955. The van der Waals surface area contributed by atoms with E-state index < -0.39 is 12.1 Å². The zero-order valence-electron chi connectivity index (χ0n) is 13.8. The van der Waals surface area contributed by atoms with Gasteiger partial charge in [0, 0.05) is 18.2 Å². The van der Waals surface area contributed by atoms with Crippen LogP contribution in [0, 0.1) is 0 Å².